The molecule has 118 valence electrons. The number of thiophene rings is 1. The van der Waals surface area contributed by atoms with Crippen molar-refractivity contribution in [3.05, 3.63) is 69.7 Å². The van der Waals surface area contributed by atoms with Gasteiger partial charge in [-0.25, -0.2) is 4.68 Å². The molecule has 0 bridgehead atoms. The molecule has 0 saturated heterocycles. The number of amides is 1. The van der Waals surface area contributed by atoms with Crippen molar-refractivity contribution in [3.8, 4) is 5.69 Å². The summed E-state index contributed by atoms with van der Waals surface area (Å²) >= 11 is 1.72. The van der Waals surface area contributed by atoms with Crippen LogP contribution in [0.5, 0.6) is 0 Å². The summed E-state index contributed by atoms with van der Waals surface area (Å²) in [5.41, 5.74) is 2.34. The van der Waals surface area contributed by atoms with Gasteiger partial charge in [0.25, 0.3) is 5.91 Å². The van der Waals surface area contributed by atoms with E-state index in [1.165, 1.54) is 9.75 Å². The summed E-state index contributed by atoms with van der Waals surface area (Å²) in [6.07, 6.45) is 1.81. The second-order valence-corrected chi connectivity index (χ2v) is 6.95. The van der Waals surface area contributed by atoms with Gasteiger partial charge in [0, 0.05) is 23.0 Å². The van der Waals surface area contributed by atoms with Gasteiger partial charge >= 0.3 is 0 Å². The fourth-order valence-corrected chi connectivity index (χ4v) is 3.41. The molecule has 0 aliphatic rings. The van der Waals surface area contributed by atoms with E-state index in [4.69, 9.17) is 0 Å². The maximum Gasteiger partial charge on any atom is 0.257 e. The summed E-state index contributed by atoms with van der Waals surface area (Å²) in [6.45, 7) is 4.56. The van der Waals surface area contributed by atoms with E-state index < -0.39 is 0 Å². The molecule has 0 spiro atoms. The van der Waals surface area contributed by atoms with Crippen molar-refractivity contribution in [2.45, 2.75) is 20.4 Å². The van der Waals surface area contributed by atoms with E-state index in [0.717, 1.165) is 11.4 Å². The SMILES string of the molecule is Cc1ccc(CN(C)C(=O)c2cn(-c3ccccc3)nc2C)s1. The Balaban J connectivity index is 1.81. The van der Waals surface area contributed by atoms with Gasteiger partial charge in [0.05, 0.1) is 23.5 Å². The predicted octanol–water partition coefficient (Wildman–Crippen LogP) is 3.82. The van der Waals surface area contributed by atoms with Gasteiger partial charge in [-0.2, -0.15) is 5.10 Å². The molecule has 0 atom stereocenters. The Bertz CT molecular complexity index is 820. The molecule has 3 aromatic rings. The molecule has 0 unspecified atom stereocenters. The number of carbonyl (C=O) groups excluding carboxylic acids is 1. The number of hydrogen-bond donors (Lipinski definition) is 0. The standard InChI is InChI=1S/C18H19N3OS/c1-13-9-10-16(23-13)11-20(3)18(22)17-12-21(19-14(17)2)15-7-5-4-6-8-15/h4-10,12H,11H2,1-3H3. The molecule has 0 N–H and O–H groups in total. The zero-order valence-electron chi connectivity index (χ0n) is 13.5. The zero-order valence-corrected chi connectivity index (χ0v) is 14.3. The Hall–Kier alpha value is -2.40. The van der Waals surface area contributed by atoms with Crippen LogP contribution in [0.2, 0.25) is 0 Å². The van der Waals surface area contributed by atoms with Crippen molar-refractivity contribution >= 4 is 17.2 Å². The Morgan fingerprint density at radius 2 is 1.91 bits per heavy atom. The zero-order chi connectivity index (χ0) is 16.4. The van der Waals surface area contributed by atoms with Crippen LogP contribution < -0.4 is 0 Å². The van der Waals surface area contributed by atoms with E-state index in [0.29, 0.717) is 12.1 Å². The lowest BCUT2D eigenvalue weighted by atomic mass is 10.2. The lowest BCUT2D eigenvalue weighted by Crippen LogP contribution is -2.26. The van der Waals surface area contributed by atoms with E-state index in [9.17, 15) is 4.79 Å². The first-order chi connectivity index (χ1) is 11.0. The minimum absolute atomic E-state index is 0.00395. The van der Waals surface area contributed by atoms with Crippen LogP contribution in [0.4, 0.5) is 0 Å². The first kappa shape index (κ1) is 15.5. The van der Waals surface area contributed by atoms with Crippen LogP contribution in [0.3, 0.4) is 0 Å². The molecule has 0 fully saturated rings. The largest absolute Gasteiger partial charge is 0.336 e. The van der Waals surface area contributed by atoms with Gasteiger partial charge in [0.15, 0.2) is 0 Å². The molecule has 3 rings (SSSR count). The van der Waals surface area contributed by atoms with Crippen molar-refractivity contribution in [3.63, 3.8) is 0 Å². The highest BCUT2D eigenvalue weighted by Gasteiger charge is 2.18. The number of aromatic nitrogens is 2. The molecule has 23 heavy (non-hydrogen) atoms. The highest BCUT2D eigenvalue weighted by molar-refractivity contribution is 7.11. The first-order valence-corrected chi connectivity index (χ1v) is 8.28. The Morgan fingerprint density at radius 1 is 1.17 bits per heavy atom. The summed E-state index contributed by atoms with van der Waals surface area (Å²) < 4.78 is 1.76. The number of aryl methyl sites for hydroxylation is 2. The van der Waals surface area contributed by atoms with Gasteiger partial charge in [0.2, 0.25) is 0 Å². The number of hydrogen-bond acceptors (Lipinski definition) is 3. The van der Waals surface area contributed by atoms with Crippen LogP contribution in [-0.4, -0.2) is 27.6 Å². The van der Waals surface area contributed by atoms with E-state index >= 15 is 0 Å². The van der Waals surface area contributed by atoms with E-state index in [2.05, 4.69) is 24.2 Å². The number of rotatable bonds is 4. The minimum Gasteiger partial charge on any atom is -0.336 e. The fourth-order valence-electron chi connectivity index (χ4n) is 2.46. The maximum atomic E-state index is 12.7. The lowest BCUT2D eigenvalue weighted by molar-refractivity contribution is 0.0785. The molecule has 1 amide bonds. The van der Waals surface area contributed by atoms with Gasteiger partial charge in [0.1, 0.15) is 0 Å². The minimum atomic E-state index is -0.00395. The van der Waals surface area contributed by atoms with Crippen LogP contribution in [0, 0.1) is 13.8 Å². The number of benzene rings is 1. The normalized spacial score (nSPS) is 10.7. The molecule has 0 aliphatic carbocycles. The smallest absolute Gasteiger partial charge is 0.257 e. The average Bonchev–Trinajstić information content (AvgIpc) is 3.13. The Kier molecular flexibility index (Phi) is 4.30. The lowest BCUT2D eigenvalue weighted by Gasteiger charge is -2.15. The van der Waals surface area contributed by atoms with Crippen molar-refractivity contribution in [2.75, 3.05) is 7.05 Å². The molecule has 0 aliphatic heterocycles. The van der Waals surface area contributed by atoms with Gasteiger partial charge in [-0.3, -0.25) is 4.79 Å². The second kappa shape index (κ2) is 6.38. The van der Waals surface area contributed by atoms with Crippen LogP contribution >= 0.6 is 11.3 Å². The molecule has 4 nitrogen and oxygen atoms in total. The van der Waals surface area contributed by atoms with Crippen LogP contribution in [0.25, 0.3) is 5.69 Å². The summed E-state index contributed by atoms with van der Waals surface area (Å²) in [5.74, 6) is -0.00395. The fraction of sp³-hybridized carbons (Fsp3) is 0.222. The van der Waals surface area contributed by atoms with E-state index in [1.807, 2.05) is 50.5 Å². The summed E-state index contributed by atoms with van der Waals surface area (Å²) in [6, 6.07) is 14.0. The molecule has 2 aromatic heterocycles. The molecule has 2 heterocycles. The summed E-state index contributed by atoms with van der Waals surface area (Å²) in [7, 11) is 1.83. The number of para-hydroxylation sites is 1. The molecule has 0 radical (unpaired) electrons. The Morgan fingerprint density at radius 3 is 2.57 bits per heavy atom. The van der Waals surface area contributed by atoms with Gasteiger partial charge in [-0.05, 0) is 38.1 Å². The first-order valence-electron chi connectivity index (χ1n) is 7.47. The van der Waals surface area contributed by atoms with Crippen molar-refractivity contribution in [1.82, 2.24) is 14.7 Å². The molecule has 5 heteroatoms. The second-order valence-electron chi connectivity index (χ2n) is 5.58. The third-order valence-corrected chi connectivity index (χ3v) is 4.67. The monoisotopic (exact) mass is 325 g/mol. The summed E-state index contributed by atoms with van der Waals surface area (Å²) in [4.78, 5) is 16.9. The third-order valence-electron chi connectivity index (χ3n) is 3.69. The van der Waals surface area contributed by atoms with Gasteiger partial charge < -0.3 is 4.90 Å². The van der Waals surface area contributed by atoms with E-state index in [-0.39, 0.29) is 5.91 Å². The van der Waals surface area contributed by atoms with Crippen LogP contribution in [0.1, 0.15) is 25.8 Å². The van der Waals surface area contributed by atoms with Crippen molar-refractivity contribution in [2.24, 2.45) is 0 Å². The van der Waals surface area contributed by atoms with Crippen molar-refractivity contribution in [1.29, 1.82) is 0 Å². The predicted molar refractivity (Wildman–Crippen MR) is 93.2 cm³/mol. The molecule has 1 aromatic carbocycles. The number of carbonyl (C=O) groups is 1. The highest BCUT2D eigenvalue weighted by Crippen LogP contribution is 2.19. The van der Waals surface area contributed by atoms with Gasteiger partial charge in [-0.1, -0.05) is 18.2 Å². The number of nitrogens with zero attached hydrogens (tertiary/aromatic N) is 3. The van der Waals surface area contributed by atoms with Gasteiger partial charge in [-0.15, -0.1) is 11.3 Å². The van der Waals surface area contributed by atoms with E-state index in [1.54, 1.807) is 20.9 Å². The molecule has 0 saturated carbocycles. The Labute approximate surface area is 140 Å². The maximum absolute atomic E-state index is 12.7. The van der Waals surface area contributed by atoms with Crippen LogP contribution in [-0.2, 0) is 6.54 Å². The van der Waals surface area contributed by atoms with Crippen molar-refractivity contribution < 1.29 is 4.79 Å². The van der Waals surface area contributed by atoms with Crippen LogP contribution in [0.15, 0.2) is 48.7 Å². The molecular formula is C18H19N3OS. The topological polar surface area (TPSA) is 38.1 Å². The average molecular weight is 325 g/mol. The highest BCUT2D eigenvalue weighted by atomic mass is 32.1. The quantitative estimate of drug-likeness (QED) is 0.731. The molecular weight excluding hydrogens is 306 g/mol. The summed E-state index contributed by atoms with van der Waals surface area (Å²) in [5, 5.41) is 4.47. The third kappa shape index (κ3) is 3.35.